The first-order valence-corrected chi connectivity index (χ1v) is 6.18. The van der Waals surface area contributed by atoms with E-state index in [1.54, 1.807) is 12.2 Å². The Balaban J connectivity index is 2.77. The highest BCUT2D eigenvalue weighted by Crippen LogP contribution is 2.54. The molecule has 1 heterocycles. The summed E-state index contributed by atoms with van der Waals surface area (Å²) in [7, 11) is -3.02. The summed E-state index contributed by atoms with van der Waals surface area (Å²) in [6.07, 6.45) is 5.20. The minimum Gasteiger partial charge on any atom is -0.301 e. The van der Waals surface area contributed by atoms with E-state index in [4.69, 9.17) is 9.05 Å². The standard InChI is InChI=1S/C10H15O3P/c1-4-7-14(11)12-9(5-2)8-10(6-3)13-14/h4-6,9-10H,1-3,7-8H2. The van der Waals surface area contributed by atoms with Crippen molar-refractivity contribution in [2.45, 2.75) is 18.6 Å². The summed E-state index contributed by atoms with van der Waals surface area (Å²) in [5.74, 6) is 0. The Hall–Kier alpha value is -0.630. The highest BCUT2D eigenvalue weighted by molar-refractivity contribution is 7.54. The molecule has 3 nitrogen and oxygen atoms in total. The van der Waals surface area contributed by atoms with E-state index in [0.29, 0.717) is 6.42 Å². The summed E-state index contributed by atoms with van der Waals surface area (Å²) >= 11 is 0. The summed E-state index contributed by atoms with van der Waals surface area (Å²) in [6.45, 7) is 10.8. The van der Waals surface area contributed by atoms with E-state index in [0.717, 1.165) is 0 Å². The molecule has 0 aromatic rings. The van der Waals surface area contributed by atoms with Gasteiger partial charge in [-0.2, -0.15) is 0 Å². The first-order valence-electron chi connectivity index (χ1n) is 4.45. The predicted molar refractivity (Wildman–Crippen MR) is 57.4 cm³/mol. The molecule has 1 aliphatic rings. The Morgan fingerprint density at radius 2 is 1.71 bits per heavy atom. The van der Waals surface area contributed by atoms with Gasteiger partial charge in [0.25, 0.3) is 0 Å². The molecule has 4 heteroatoms. The molecule has 0 bridgehead atoms. The van der Waals surface area contributed by atoms with Crippen molar-refractivity contribution in [2.75, 3.05) is 6.16 Å². The third-order valence-corrected chi connectivity index (χ3v) is 3.82. The van der Waals surface area contributed by atoms with Gasteiger partial charge in [0.2, 0.25) is 0 Å². The summed E-state index contributed by atoms with van der Waals surface area (Å²) in [5, 5.41) is 0. The average molecular weight is 214 g/mol. The van der Waals surface area contributed by atoms with Gasteiger partial charge in [-0.1, -0.05) is 18.2 Å². The van der Waals surface area contributed by atoms with E-state index < -0.39 is 7.60 Å². The smallest absolute Gasteiger partial charge is 0.301 e. The molecule has 2 unspecified atom stereocenters. The van der Waals surface area contributed by atoms with Gasteiger partial charge < -0.3 is 9.05 Å². The van der Waals surface area contributed by atoms with Crippen LogP contribution in [0.3, 0.4) is 0 Å². The molecular weight excluding hydrogens is 199 g/mol. The van der Waals surface area contributed by atoms with Gasteiger partial charge in [0.1, 0.15) is 0 Å². The molecule has 0 amide bonds. The maximum atomic E-state index is 12.0. The second kappa shape index (κ2) is 4.74. The lowest BCUT2D eigenvalue weighted by Gasteiger charge is -2.32. The summed E-state index contributed by atoms with van der Waals surface area (Å²) in [4.78, 5) is 0. The van der Waals surface area contributed by atoms with E-state index in [-0.39, 0.29) is 18.4 Å². The van der Waals surface area contributed by atoms with Crippen LogP contribution in [0.25, 0.3) is 0 Å². The maximum Gasteiger partial charge on any atom is 0.335 e. The number of hydrogen-bond acceptors (Lipinski definition) is 3. The van der Waals surface area contributed by atoms with Crippen LogP contribution in [-0.4, -0.2) is 18.4 Å². The fraction of sp³-hybridized carbons (Fsp3) is 0.400. The van der Waals surface area contributed by atoms with Crippen LogP contribution >= 0.6 is 7.60 Å². The van der Waals surface area contributed by atoms with Crippen LogP contribution in [-0.2, 0) is 13.6 Å². The van der Waals surface area contributed by atoms with E-state index in [1.807, 2.05) is 0 Å². The first-order chi connectivity index (χ1) is 6.63. The lowest BCUT2D eigenvalue weighted by molar-refractivity contribution is 0.0761. The van der Waals surface area contributed by atoms with Gasteiger partial charge in [-0.15, -0.1) is 19.7 Å². The fourth-order valence-corrected chi connectivity index (χ4v) is 2.98. The maximum absolute atomic E-state index is 12.0. The lowest BCUT2D eigenvalue weighted by atomic mass is 10.1. The van der Waals surface area contributed by atoms with Crippen LogP contribution in [0.1, 0.15) is 6.42 Å². The fourth-order valence-electron chi connectivity index (χ4n) is 1.28. The molecule has 1 rings (SSSR count). The molecule has 0 N–H and O–H groups in total. The van der Waals surface area contributed by atoms with Crippen molar-refractivity contribution in [3.05, 3.63) is 38.0 Å². The molecule has 0 aromatic heterocycles. The molecule has 1 fully saturated rings. The van der Waals surface area contributed by atoms with Gasteiger partial charge in [-0.25, -0.2) is 0 Å². The molecule has 0 saturated carbocycles. The minimum atomic E-state index is -3.02. The van der Waals surface area contributed by atoms with Gasteiger partial charge in [-0.05, 0) is 0 Å². The van der Waals surface area contributed by atoms with Crippen molar-refractivity contribution in [3.8, 4) is 0 Å². The first kappa shape index (κ1) is 11.4. The van der Waals surface area contributed by atoms with Crippen molar-refractivity contribution in [2.24, 2.45) is 0 Å². The van der Waals surface area contributed by atoms with Gasteiger partial charge >= 0.3 is 7.60 Å². The SMILES string of the molecule is C=CCP1(=O)OC(C=C)CC(C=C)O1. The highest BCUT2D eigenvalue weighted by atomic mass is 31.2. The van der Waals surface area contributed by atoms with Crippen LogP contribution in [0.15, 0.2) is 38.0 Å². The van der Waals surface area contributed by atoms with E-state index in [2.05, 4.69) is 19.7 Å². The quantitative estimate of drug-likeness (QED) is 0.533. The second-order valence-corrected chi connectivity index (χ2v) is 5.09. The Kier molecular flexibility index (Phi) is 3.87. The number of allylic oxidation sites excluding steroid dienone is 1. The van der Waals surface area contributed by atoms with Crippen molar-refractivity contribution in [1.82, 2.24) is 0 Å². The topological polar surface area (TPSA) is 35.5 Å². The molecule has 0 aliphatic carbocycles. The van der Waals surface area contributed by atoms with Crippen molar-refractivity contribution in [3.63, 3.8) is 0 Å². The van der Waals surface area contributed by atoms with Gasteiger partial charge in [-0.3, -0.25) is 4.57 Å². The van der Waals surface area contributed by atoms with Crippen molar-refractivity contribution in [1.29, 1.82) is 0 Å². The van der Waals surface area contributed by atoms with Crippen LogP contribution < -0.4 is 0 Å². The number of rotatable bonds is 4. The lowest BCUT2D eigenvalue weighted by Crippen LogP contribution is -2.26. The molecular formula is C10H15O3P. The summed E-state index contributed by atoms with van der Waals surface area (Å²) in [6, 6.07) is 0. The van der Waals surface area contributed by atoms with Crippen molar-refractivity contribution >= 4 is 7.60 Å². The van der Waals surface area contributed by atoms with Gasteiger partial charge in [0, 0.05) is 6.42 Å². The van der Waals surface area contributed by atoms with Gasteiger partial charge in [0.15, 0.2) is 0 Å². The predicted octanol–water partition coefficient (Wildman–Crippen LogP) is 2.91. The largest absolute Gasteiger partial charge is 0.335 e. The zero-order valence-corrected chi connectivity index (χ0v) is 8.99. The minimum absolute atomic E-state index is 0.224. The Bertz CT molecular complexity index is 265. The normalized spacial score (nSPS) is 37.4. The van der Waals surface area contributed by atoms with E-state index in [1.165, 1.54) is 6.08 Å². The van der Waals surface area contributed by atoms with Crippen LogP contribution in [0.5, 0.6) is 0 Å². The highest BCUT2D eigenvalue weighted by Gasteiger charge is 2.35. The molecule has 14 heavy (non-hydrogen) atoms. The third-order valence-electron chi connectivity index (χ3n) is 1.94. The third kappa shape index (κ3) is 2.68. The Morgan fingerprint density at radius 1 is 1.21 bits per heavy atom. The number of hydrogen-bond donors (Lipinski definition) is 0. The molecule has 0 aromatic carbocycles. The van der Waals surface area contributed by atoms with E-state index >= 15 is 0 Å². The van der Waals surface area contributed by atoms with Gasteiger partial charge in [0.05, 0.1) is 18.4 Å². The summed E-state index contributed by atoms with van der Waals surface area (Å²) in [5.41, 5.74) is 0. The Labute approximate surface area is 84.6 Å². The van der Waals surface area contributed by atoms with Crippen LogP contribution in [0, 0.1) is 0 Å². The monoisotopic (exact) mass is 214 g/mol. The van der Waals surface area contributed by atoms with Crippen LogP contribution in [0.2, 0.25) is 0 Å². The van der Waals surface area contributed by atoms with Crippen molar-refractivity contribution < 1.29 is 13.6 Å². The zero-order chi connectivity index (χ0) is 10.6. The molecule has 0 spiro atoms. The second-order valence-electron chi connectivity index (χ2n) is 3.08. The van der Waals surface area contributed by atoms with Crippen LogP contribution in [0.4, 0.5) is 0 Å². The zero-order valence-electron chi connectivity index (χ0n) is 8.09. The Morgan fingerprint density at radius 3 is 2.07 bits per heavy atom. The average Bonchev–Trinajstić information content (AvgIpc) is 2.16. The molecule has 1 aliphatic heterocycles. The van der Waals surface area contributed by atoms with E-state index in [9.17, 15) is 4.57 Å². The summed E-state index contributed by atoms with van der Waals surface area (Å²) < 4.78 is 22.5. The molecule has 78 valence electrons. The molecule has 1 saturated heterocycles. The molecule has 2 atom stereocenters. The molecule has 0 radical (unpaired) electrons.